The van der Waals surface area contributed by atoms with Crippen LogP contribution in [-0.4, -0.2) is 53.7 Å². The van der Waals surface area contributed by atoms with Crippen molar-refractivity contribution in [2.45, 2.75) is 38.6 Å². The van der Waals surface area contributed by atoms with E-state index < -0.39 is 39.3 Å². The fourth-order valence-corrected chi connectivity index (χ4v) is 3.97. The van der Waals surface area contributed by atoms with Crippen LogP contribution in [0.1, 0.15) is 36.1 Å². The third-order valence-corrected chi connectivity index (χ3v) is 5.48. The highest BCUT2D eigenvalue weighted by Crippen LogP contribution is 2.30. The maximum atomic E-state index is 12.8. The lowest BCUT2D eigenvalue weighted by atomic mass is 10.0. The number of nitrogens with one attached hydrogen (secondary N) is 1. The number of nitrogens with zero attached hydrogens (tertiary/aromatic N) is 3. The topological polar surface area (TPSA) is 124 Å². The predicted molar refractivity (Wildman–Crippen MR) is 102 cm³/mol. The van der Waals surface area contributed by atoms with E-state index in [-0.39, 0.29) is 27.6 Å². The molecule has 30 heavy (non-hydrogen) atoms. The van der Waals surface area contributed by atoms with Gasteiger partial charge < -0.3 is 14.6 Å². The molecule has 0 fully saturated rings. The smallest absolute Gasteiger partial charge is 0.425 e. The summed E-state index contributed by atoms with van der Waals surface area (Å²) < 4.78 is 71.9. The van der Waals surface area contributed by atoms with Gasteiger partial charge in [-0.05, 0) is 29.8 Å². The van der Waals surface area contributed by atoms with Crippen molar-refractivity contribution < 1.29 is 35.6 Å². The van der Waals surface area contributed by atoms with Gasteiger partial charge in [-0.1, -0.05) is 5.16 Å². The summed E-state index contributed by atoms with van der Waals surface area (Å²) in [6, 6.07) is 1.00. The summed E-state index contributed by atoms with van der Waals surface area (Å²) in [6.45, 7) is 3.67. The zero-order valence-corrected chi connectivity index (χ0v) is 18.6. The van der Waals surface area contributed by atoms with Crippen LogP contribution in [-0.2, 0) is 15.4 Å². The number of hydrogen-bond acceptors (Lipinski definition) is 8. The summed E-state index contributed by atoms with van der Waals surface area (Å²) in [7, 11) is -3.61. The summed E-state index contributed by atoms with van der Waals surface area (Å²) in [5.41, 5.74) is -1.89. The summed E-state index contributed by atoms with van der Waals surface area (Å²) in [6.07, 6.45) is -4.69. The maximum Gasteiger partial charge on any atom is 0.425 e. The number of pyridine rings is 1. The fraction of sp³-hybridized carbons (Fsp3) is 0.500. The minimum absolute atomic E-state index is 0.0851. The normalized spacial score (nSPS) is 15.3. The third kappa shape index (κ3) is 6.14. The quantitative estimate of drug-likeness (QED) is 0.597. The second-order valence-corrected chi connectivity index (χ2v) is 9.79. The molecule has 1 amide bonds. The predicted octanol–water partition coefficient (Wildman–Crippen LogP) is 2.55. The minimum Gasteiger partial charge on any atom is -0.480 e. The van der Waals surface area contributed by atoms with Crippen LogP contribution in [0, 0.1) is 6.92 Å². The number of sulfone groups is 1. The summed E-state index contributed by atoms with van der Waals surface area (Å²) in [5.74, 6) is -1.63. The Hall–Kier alpha value is -2.22. The molecule has 2 aromatic heterocycles. The van der Waals surface area contributed by atoms with Crippen molar-refractivity contribution in [1.82, 2.24) is 20.4 Å². The van der Waals surface area contributed by atoms with Crippen molar-refractivity contribution >= 4 is 31.7 Å². The first kappa shape index (κ1) is 24.1. The molecule has 2 heterocycles. The Kier molecular flexibility index (Phi) is 6.81. The van der Waals surface area contributed by atoms with Gasteiger partial charge in [-0.2, -0.15) is 18.2 Å². The van der Waals surface area contributed by atoms with Gasteiger partial charge in [0, 0.05) is 25.4 Å². The molecule has 0 saturated carbocycles. The average Bonchev–Trinajstić information content (AvgIpc) is 3.01. The molecule has 0 aliphatic heterocycles. The molecule has 0 aliphatic carbocycles. The van der Waals surface area contributed by atoms with Crippen molar-refractivity contribution in [2.75, 3.05) is 12.0 Å². The van der Waals surface area contributed by atoms with Gasteiger partial charge in [-0.3, -0.25) is 4.79 Å². The Balaban J connectivity index is 2.35. The van der Waals surface area contributed by atoms with Gasteiger partial charge in [0.05, 0.1) is 10.2 Å². The number of hydrogen-bond donors (Lipinski definition) is 1. The van der Waals surface area contributed by atoms with Crippen LogP contribution in [0.3, 0.4) is 0 Å². The standard InChI is InChI=1S/C16H18BrF3N4O5S/c1-8(16(18,19)20)28-12-5-11(21-6-10(12)17)13(25)23-15(3,7-30(4,26)27)14-22-9(2)29-24-14/h5-6,8H,7H2,1-4H3,(H,23,25)/t8-,15?/m0/s1. The highest BCUT2D eigenvalue weighted by molar-refractivity contribution is 9.10. The number of carbonyl (C=O) groups is 1. The van der Waals surface area contributed by atoms with Gasteiger partial charge in [0.1, 0.15) is 26.8 Å². The molecule has 0 saturated heterocycles. The van der Waals surface area contributed by atoms with Crippen LogP contribution in [0.4, 0.5) is 13.2 Å². The molecule has 2 aromatic rings. The molecule has 14 heteroatoms. The second-order valence-electron chi connectivity index (χ2n) is 6.79. The zero-order chi connectivity index (χ0) is 22.9. The van der Waals surface area contributed by atoms with Crippen molar-refractivity contribution in [1.29, 1.82) is 0 Å². The monoisotopic (exact) mass is 514 g/mol. The lowest BCUT2D eigenvalue weighted by Gasteiger charge is -2.26. The van der Waals surface area contributed by atoms with Crippen LogP contribution in [0.15, 0.2) is 21.3 Å². The number of aromatic nitrogens is 3. The fourth-order valence-electron chi connectivity index (χ4n) is 2.41. The van der Waals surface area contributed by atoms with E-state index in [9.17, 15) is 26.4 Å². The van der Waals surface area contributed by atoms with Crippen LogP contribution in [0.25, 0.3) is 0 Å². The maximum absolute atomic E-state index is 12.8. The van der Waals surface area contributed by atoms with Crippen LogP contribution in [0.5, 0.6) is 5.75 Å². The molecule has 2 atom stereocenters. The lowest BCUT2D eigenvalue weighted by Crippen LogP contribution is -2.49. The minimum atomic E-state index is -4.62. The van der Waals surface area contributed by atoms with Gasteiger partial charge in [-0.25, -0.2) is 13.4 Å². The first-order chi connectivity index (χ1) is 13.6. The number of amides is 1. The van der Waals surface area contributed by atoms with Crippen molar-refractivity contribution in [3.05, 3.63) is 34.1 Å². The van der Waals surface area contributed by atoms with Gasteiger partial charge in [0.15, 0.2) is 11.9 Å². The molecule has 2 rings (SSSR count). The van der Waals surface area contributed by atoms with Gasteiger partial charge in [0.25, 0.3) is 5.91 Å². The lowest BCUT2D eigenvalue weighted by molar-refractivity contribution is -0.189. The van der Waals surface area contributed by atoms with Gasteiger partial charge in [-0.15, -0.1) is 0 Å². The molecule has 1 unspecified atom stereocenters. The average molecular weight is 515 g/mol. The second kappa shape index (κ2) is 8.49. The molecule has 0 spiro atoms. The number of aryl methyl sites for hydroxylation is 1. The number of carbonyl (C=O) groups excluding carboxylic acids is 1. The highest BCUT2D eigenvalue weighted by atomic mass is 79.9. The molecular formula is C16H18BrF3N4O5S. The van der Waals surface area contributed by atoms with E-state index in [0.29, 0.717) is 0 Å². The van der Waals surface area contributed by atoms with E-state index in [1.165, 1.54) is 13.8 Å². The summed E-state index contributed by atoms with van der Waals surface area (Å²) >= 11 is 3.02. The Morgan fingerprint density at radius 1 is 1.40 bits per heavy atom. The van der Waals surface area contributed by atoms with E-state index in [1.807, 2.05) is 0 Å². The Labute approximate surface area is 178 Å². The number of alkyl halides is 3. The first-order valence-electron chi connectivity index (χ1n) is 8.31. The van der Waals surface area contributed by atoms with E-state index in [1.54, 1.807) is 0 Å². The molecule has 1 N–H and O–H groups in total. The molecule has 0 aromatic carbocycles. The Morgan fingerprint density at radius 2 is 2.03 bits per heavy atom. The van der Waals surface area contributed by atoms with E-state index in [4.69, 9.17) is 9.26 Å². The molecule has 9 nitrogen and oxygen atoms in total. The van der Waals surface area contributed by atoms with Crippen molar-refractivity contribution in [3.8, 4) is 5.75 Å². The number of halogens is 4. The van der Waals surface area contributed by atoms with Gasteiger partial charge >= 0.3 is 6.18 Å². The molecule has 166 valence electrons. The van der Waals surface area contributed by atoms with Crippen LogP contribution in [0.2, 0.25) is 0 Å². The molecule has 0 bridgehead atoms. The number of rotatable bonds is 7. The van der Waals surface area contributed by atoms with Crippen molar-refractivity contribution in [2.24, 2.45) is 0 Å². The van der Waals surface area contributed by atoms with Crippen molar-refractivity contribution in [3.63, 3.8) is 0 Å². The SMILES string of the molecule is Cc1nc(C(C)(CS(C)(=O)=O)NC(=O)c2cc(O[C@@H](C)C(F)(F)F)c(Br)cn2)no1. The van der Waals surface area contributed by atoms with E-state index >= 15 is 0 Å². The number of ether oxygens (including phenoxy) is 1. The summed E-state index contributed by atoms with van der Waals surface area (Å²) in [4.78, 5) is 20.6. The van der Waals surface area contributed by atoms with Gasteiger partial charge in [0.2, 0.25) is 5.89 Å². The van der Waals surface area contributed by atoms with E-state index in [0.717, 1.165) is 25.4 Å². The third-order valence-electron chi connectivity index (χ3n) is 3.78. The molecule has 0 aliphatic rings. The first-order valence-corrected chi connectivity index (χ1v) is 11.2. The van der Waals surface area contributed by atoms with Crippen LogP contribution < -0.4 is 10.1 Å². The Morgan fingerprint density at radius 3 is 2.53 bits per heavy atom. The molecular weight excluding hydrogens is 497 g/mol. The van der Waals surface area contributed by atoms with Crippen LogP contribution >= 0.6 is 15.9 Å². The Bertz CT molecular complexity index is 1040. The molecule has 0 radical (unpaired) electrons. The zero-order valence-electron chi connectivity index (χ0n) is 16.2. The largest absolute Gasteiger partial charge is 0.480 e. The summed E-state index contributed by atoms with van der Waals surface area (Å²) in [5, 5.41) is 6.14. The highest BCUT2D eigenvalue weighted by Gasteiger charge is 2.39. The van der Waals surface area contributed by atoms with E-state index in [2.05, 4.69) is 36.4 Å².